The average molecular weight is 145 g/mol. The molecule has 0 aliphatic rings. The van der Waals surface area contributed by atoms with E-state index in [1.807, 2.05) is 5.48 Å². The number of carbonyl (C=O) groups excluding carboxylic acids is 2. The molecule has 0 unspecified atom stereocenters. The van der Waals surface area contributed by atoms with Crippen molar-refractivity contribution in [2.75, 3.05) is 6.61 Å². The molecule has 0 saturated heterocycles. The van der Waals surface area contributed by atoms with Gasteiger partial charge in [0.25, 0.3) is 0 Å². The molecule has 4 heteroatoms. The van der Waals surface area contributed by atoms with Crippen molar-refractivity contribution >= 4 is 12.2 Å². The van der Waals surface area contributed by atoms with E-state index >= 15 is 0 Å². The Hall–Kier alpha value is -0.900. The minimum absolute atomic E-state index is 0.0330. The molecule has 0 aromatic heterocycles. The fourth-order valence-corrected chi connectivity index (χ4v) is 0.313. The third kappa shape index (κ3) is 4.03. The Labute approximate surface area is 59.5 Å². The number of rotatable bonds is 5. The first-order valence-corrected chi connectivity index (χ1v) is 3.02. The van der Waals surface area contributed by atoms with Gasteiger partial charge < -0.3 is 0 Å². The molecule has 0 aromatic carbocycles. The van der Waals surface area contributed by atoms with Crippen molar-refractivity contribution in [3.8, 4) is 0 Å². The van der Waals surface area contributed by atoms with Gasteiger partial charge in [0.05, 0.1) is 0 Å². The Balaban J connectivity index is 3.30. The molecule has 0 saturated carbocycles. The minimum Gasteiger partial charge on any atom is -0.297 e. The van der Waals surface area contributed by atoms with Gasteiger partial charge in [-0.1, -0.05) is 13.8 Å². The number of Topliss-reactive ketones (excluding diaryl/α,β-unsaturated/α-hetero) is 1. The summed E-state index contributed by atoms with van der Waals surface area (Å²) in [7, 11) is 0. The van der Waals surface area contributed by atoms with E-state index in [1.165, 1.54) is 0 Å². The number of hydrogen-bond acceptors (Lipinski definition) is 3. The predicted octanol–water partition coefficient (Wildman–Crippen LogP) is -0.111. The first-order chi connectivity index (χ1) is 4.68. The molecule has 1 N–H and O–H groups in total. The van der Waals surface area contributed by atoms with Crippen molar-refractivity contribution in [3.63, 3.8) is 0 Å². The Morgan fingerprint density at radius 2 is 2.30 bits per heavy atom. The third-order valence-electron chi connectivity index (χ3n) is 0.990. The van der Waals surface area contributed by atoms with Gasteiger partial charge in [-0.05, 0) is 0 Å². The van der Waals surface area contributed by atoms with Crippen LogP contribution in [0.5, 0.6) is 0 Å². The third-order valence-corrected chi connectivity index (χ3v) is 0.990. The number of hydrogen-bond donors (Lipinski definition) is 1. The largest absolute Gasteiger partial charge is 0.297 e. The molecule has 0 spiro atoms. The van der Waals surface area contributed by atoms with Crippen LogP contribution in [0.15, 0.2) is 0 Å². The summed E-state index contributed by atoms with van der Waals surface area (Å²) in [6.45, 7) is 3.48. The van der Waals surface area contributed by atoms with Gasteiger partial charge in [0, 0.05) is 5.92 Å². The monoisotopic (exact) mass is 145 g/mol. The first-order valence-electron chi connectivity index (χ1n) is 3.02. The smallest absolute Gasteiger partial charge is 0.230 e. The number of amides is 1. The molecule has 4 nitrogen and oxygen atoms in total. The zero-order chi connectivity index (χ0) is 7.98. The number of ketones is 1. The van der Waals surface area contributed by atoms with Crippen LogP contribution >= 0.6 is 0 Å². The molecule has 58 valence electrons. The van der Waals surface area contributed by atoms with E-state index in [4.69, 9.17) is 0 Å². The lowest BCUT2D eigenvalue weighted by molar-refractivity contribution is -0.133. The second kappa shape index (κ2) is 4.93. The van der Waals surface area contributed by atoms with Gasteiger partial charge in [-0.3, -0.25) is 14.4 Å². The van der Waals surface area contributed by atoms with Gasteiger partial charge in [0.15, 0.2) is 5.78 Å². The molecule has 0 atom stereocenters. The van der Waals surface area contributed by atoms with E-state index in [-0.39, 0.29) is 18.3 Å². The molecule has 0 rings (SSSR count). The number of hydroxylamine groups is 1. The van der Waals surface area contributed by atoms with Crippen LogP contribution in [0.2, 0.25) is 0 Å². The normalized spacial score (nSPS) is 9.50. The quantitative estimate of drug-likeness (QED) is 0.333. The van der Waals surface area contributed by atoms with E-state index in [1.54, 1.807) is 13.8 Å². The molecule has 0 bridgehead atoms. The Kier molecular flexibility index (Phi) is 4.49. The van der Waals surface area contributed by atoms with Crippen LogP contribution in [0.1, 0.15) is 13.8 Å². The van der Waals surface area contributed by atoms with Crippen molar-refractivity contribution in [2.24, 2.45) is 5.92 Å². The van der Waals surface area contributed by atoms with Crippen molar-refractivity contribution in [2.45, 2.75) is 13.8 Å². The van der Waals surface area contributed by atoms with Gasteiger partial charge in [0.1, 0.15) is 6.61 Å². The maximum absolute atomic E-state index is 10.7. The molecule has 0 aromatic rings. The van der Waals surface area contributed by atoms with E-state index in [0.29, 0.717) is 6.41 Å². The van der Waals surface area contributed by atoms with Crippen LogP contribution in [-0.4, -0.2) is 18.8 Å². The van der Waals surface area contributed by atoms with Gasteiger partial charge in [-0.25, -0.2) is 5.48 Å². The molecule has 0 aliphatic carbocycles. The fourth-order valence-electron chi connectivity index (χ4n) is 0.313. The molecular formula is C6H11NO3. The molecule has 10 heavy (non-hydrogen) atoms. The van der Waals surface area contributed by atoms with Crippen molar-refractivity contribution < 1.29 is 14.4 Å². The second-order valence-electron chi connectivity index (χ2n) is 2.15. The maximum Gasteiger partial charge on any atom is 0.230 e. The fraction of sp³-hybridized carbons (Fsp3) is 0.667. The predicted molar refractivity (Wildman–Crippen MR) is 35.0 cm³/mol. The Morgan fingerprint density at radius 3 is 2.70 bits per heavy atom. The van der Waals surface area contributed by atoms with Gasteiger partial charge in [-0.2, -0.15) is 0 Å². The average Bonchev–Trinajstić information content (AvgIpc) is 1.88. The standard InChI is InChI=1S/C6H11NO3/c1-5(2)6(9)3-10-7-4-8/h4-5H,3H2,1-2H3,(H,7,8). The highest BCUT2D eigenvalue weighted by Gasteiger charge is 2.05. The number of carbonyl (C=O) groups is 2. The van der Waals surface area contributed by atoms with Crippen LogP contribution in [-0.2, 0) is 14.4 Å². The van der Waals surface area contributed by atoms with Crippen molar-refractivity contribution in [3.05, 3.63) is 0 Å². The molecule has 0 aliphatic heterocycles. The summed E-state index contributed by atoms with van der Waals surface area (Å²) in [5.74, 6) is -0.0807. The minimum atomic E-state index is -0.0591. The lowest BCUT2D eigenvalue weighted by Gasteiger charge is -2.02. The summed E-state index contributed by atoms with van der Waals surface area (Å²) in [5.41, 5.74) is 1.93. The van der Waals surface area contributed by atoms with E-state index in [0.717, 1.165) is 0 Å². The summed E-state index contributed by atoms with van der Waals surface area (Å²) < 4.78 is 0. The van der Waals surface area contributed by atoms with E-state index in [9.17, 15) is 9.59 Å². The Morgan fingerprint density at radius 1 is 1.70 bits per heavy atom. The van der Waals surface area contributed by atoms with E-state index in [2.05, 4.69) is 4.84 Å². The van der Waals surface area contributed by atoms with Crippen molar-refractivity contribution in [1.29, 1.82) is 0 Å². The van der Waals surface area contributed by atoms with Gasteiger partial charge in [-0.15, -0.1) is 0 Å². The summed E-state index contributed by atoms with van der Waals surface area (Å²) in [4.78, 5) is 24.8. The van der Waals surface area contributed by atoms with Crippen LogP contribution in [0.25, 0.3) is 0 Å². The van der Waals surface area contributed by atoms with Crippen LogP contribution in [0.4, 0.5) is 0 Å². The Bertz CT molecular complexity index is 122. The molecule has 0 heterocycles. The zero-order valence-electron chi connectivity index (χ0n) is 6.09. The summed E-state index contributed by atoms with van der Waals surface area (Å²) in [6, 6.07) is 0. The van der Waals surface area contributed by atoms with Gasteiger partial charge in [0.2, 0.25) is 6.41 Å². The topological polar surface area (TPSA) is 55.4 Å². The summed E-state index contributed by atoms with van der Waals surface area (Å²) in [6.07, 6.45) is 0.383. The van der Waals surface area contributed by atoms with Crippen LogP contribution < -0.4 is 5.48 Å². The molecular weight excluding hydrogens is 134 g/mol. The van der Waals surface area contributed by atoms with Crippen molar-refractivity contribution in [1.82, 2.24) is 5.48 Å². The second-order valence-corrected chi connectivity index (χ2v) is 2.15. The molecule has 0 radical (unpaired) electrons. The highest BCUT2D eigenvalue weighted by molar-refractivity contribution is 5.81. The SMILES string of the molecule is CC(C)C(=O)CONC=O. The summed E-state index contributed by atoms with van der Waals surface area (Å²) >= 11 is 0. The first kappa shape index (κ1) is 9.10. The lowest BCUT2D eigenvalue weighted by Crippen LogP contribution is -2.21. The highest BCUT2D eigenvalue weighted by Crippen LogP contribution is 1.92. The highest BCUT2D eigenvalue weighted by atomic mass is 16.6. The van der Waals surface area contributed by atoms with E-state index < -0.39 is 0 Å². The lowest BCUT2D eigenvalue weighted by atomic mass is 10.1. The van der Waals surface area contributed by atoms with Crippen LogP contribution in [0.3, 0.4) is 0 Å². The van der Waals surface area contributed by atoms with Gasteiger partial charge >= 0.3 is 0 Å². The summed E-state index contributed by atoms with van der Waals surface area (Å²) in [5, 5.41) is 0. The molecule has 1 amide bonds. The van der Waals surface area contributed by atoms with Crippen LogP contribution in [0, 0.1) is 5.92 Å². The zero-order valence-corrected chi connectivity index (χ0v) is 6.09. The molecule has 0 fully saturated rings. The number of nitrogens with one attached hydrogen (secondary N) is 1. The maximum atomic E-state index is 10.7.